The van der Waals surface area contributed by atoms with Gasteiger partial charge >= 0.3 is 0 Å². The fourth-order valence-corrected chi connectivity index (χ4v) is 8.20. The smallest absolute Gasteiger partial charge is 0.251 e. The molecule has 4 fully saturated rings. The Morgan fingerprint density at radius 3 is 2.28 bits per heavy atom. The van der Waals surface area contributed by atoms with E-state index in [9.17, 15) is 14.0 Å². The Morgan fingerprint density at radius 2 is 1.54 bits per heavy atom. The van der Waals surface area contributed by atoms with Crippen LogP contribution in [0.25, 0.3) is 11.1 Å². The second kappa shape index (κ2) is 9.26. The number of amides is 2. The summed E-state index contributed by atoms with van der Waals surface area (Å²) in [5.74, 6) is 0.887. The number of hydrogen-bond acceptors (Lipinski definition) is 4. The summed E-state index contributed by atoms with van der Waals surface area (Å²) in [5, 5.41) is 7.15. The second-order valence-corrected chi connectivity index (χ2v) is 12.3. The van der Waals surface area contributed by atoms with Gasteiger partial charge < -0.3 is 15.5 Å². The largest absolute Gasteiger partial charge is 0.347 e. The molecule has 4 saturated carbocycles. The molecule has 6 nitrogen and oxygen atoms in total. The van der Waals surface area contributed by atoms with Crippen molar-refractivity contribution >= 4 is 11.8 Å². The zero-order valence-corrected chi connectivity index (χ0v) is 22.0. The molecule has 5 aliphatic rings. The zero-order valence-electron chi connectivity index (χ0n) is 22.0. The van der Waals surface area contributed by atoms with E-state index in [-0.39, 0.29) is 35.3 Å². The van der Waals surface area contributed by atoms with E-state index in [0.717, 1.165) is 54.4 Å². The molecule has 7 heteroatoms. The number of nitrogens with zero attached hydrogens (tertiary/aromatic N) is 2. The Kier molecular flexibility index (Phi) is 5.81. The number of hydrogen-bond donors (Lipinski definition) is 2. The summed E-state index contributed by atoms with van der Waals surface area (Å²) < 4.78 is 13.6. The van der Waals surface area contributed by atoms with Crippen LogP contribution >= 0.6 is 0 Å². The molecule has 0 spiro atoms. The fraction of sp³-hybridized carbons (Fsp3) is 0.406. The number of benzene rings is 2. The summed E-state index contributed by atoms with van der Waals surface area (Å²) in [7, 11) is 0. The molecule has 4 bridgehead atoms. The summed E-state index contributed by atoms with van der Waals surface area (Å²) in [6, 6.07) is 16.5. The van der Waals surface area contributed by atoms with Crippen molar-refractivity contribution in [2.45, 2.75) is 62.7 Å². The van der Waals surface area contributed by atoms with E-state index >= 15 is 0 Å². The fourth-order valence-electron chi connectivity index (χ4n) is 8.20. The van der Waals surface area contributed by atoms with Gasteiger partial charge in [0, 0.05) is 42.1 Å². The number of rotatable bonds is 6. The lowest BCUT2D eigenvalue weighted by molar-refractivity contribution is -0.132. The number of carbonyl (C=O) groups is 2. The third-order valence-corrected chi connectivity index (χ3v) is 9.46. The Morgan fingerprint density at radius 1 is 0.872 bits per heavy atom. The molecule has 2 amide bonds. The van der Waals surface area contributed by atoms with Crippen LogP contribution in [0.2, 0.25) is 0 Å². The van der Waals surface area contributed by atoms with Gasteiger partial charge in [0.2, 0.25) is 5.91 Å². The maximum Gasteiger partial charge on any atom is 0.251 e. The van der Waals surface area contributed by atoms with E-state index in [1.165, 1.54) is 18.6 Å². The van der Waals surface area contributed by atoms with Crippen molar-refractivity contribution in [3.8, 4) is 11.1 Å². The molecule has 2 aromatic carbocycles. The van der Waals surface area contributed by atoms with Crippen LogP contribution in [0.5, 0.6) is 0 Å². The maximum absolute atomic E-state index is 13.6. The average molecular weight is 525 g/mol. The van der Waals surface area contributed by atoms with Gasteiger partial charge in [0.25, 0.3) is 5.91 Å². The van der Waals surface area contributed by atoms with Crippen LogP contribution in [-0.2, 0) is 17.9 Å². The quantitative estimate of drug-likeness (QED) is 0.484. The molecule has 2 unspecified atom stereocenters. The molecule has 2 N–H and O–H groups in total. The monoisotopic (exact) mass is 524 g/mol. The number of aromatic nitrogens is 1. The molecule has 0 radical (unpaired) electrons. The van der Waals surface area contributed by atoms with Gasteiger partial charge in [-0.15, -0.1) is 0 Å². The summed E-state index contributed by atoms with van der Waals surface area (Å²) in [5.41, 5.74) is 4.36. The number of fused-ring (bicyclic) bond motifs is 1. The lowest BCUT2D eigenvalue weighted by Gasteiger charge is -2.62. The van der Waals surface area contributed by atoms with Gasteiger partial charge in [0.15, 0.2) is 0 Å². The standard InChI is InChI=1S/C32H33FN4O2/c33-28-6-5-26-18-37(19-27(26)12-28)29(38)17-35-31-13-21-11-22(14-31)16-32(15-21,20-31)36-30(39)25-3-1-23(2-4-25)24-7-9-34-10-8-24/h1-10,12,21-22,35H,11,13-20H2,(H,36,39)/t21-,22+,31?,32?. The molecule has 8 rings (SSSR count). The van der Waals surface area contributed by atoms with Gasteiger partial charge in [0.1, 0.15) is 5.82 Å². The van der Waals surface area contributed by atoms with E-state index in [4.69, 9.17) is 0 Å². The van der Waals surface area contributed by atoms with Crippen LogP contribution in [0.15, 0.2) is 67.0 Å². The molecular formula is C32H33FN4O2. The van der Waals surface area contributed by atoms with Crippen molar-refractivity contribution in [3.63, 3.8) is 0 Å². The Hall–Kier alpha value is -3.58. The molecule has 1 aliphatic heterocycles. The molecule has 200 valence electrons. The highest BCUT2D eigenvalue weighted by molar-refractivity contribution is 5.95. The van der Waals surface area contributed by atoms with Crippen molar-refractivity contribution in [2.24, 2.45) is 11.8 Å². The number of pyridine rings is 1. The predicted molar refractivity (Wildman–Crippen MR) is 146 cm³/mol. The van der Waals surface area contributed by atoms with Crippen molar-refractivity contribution < 1.29 is 14.0 Å². The van der Waals surface area contributed by atoms with E-state index in [0.29, 0.717) is 30.5 Å². The Bertz CT molecular complexity index is 1410. The molecule has 2 heterocycles. The van der Waals surface area contributed by atoms with Crippen molar-refractivity contribution in [1.82, 2.24) is 20.5 Å². The summed E-state index contributed by atoms with van der Waals surface area (Å²) in [4.78, 5) is 32.5. The predicted octanol–water partition coefficient (Wildman–Crippen LogP) is 4.84. The van der Waals surface area contributed by atoms with E-state index in [1.807, 2.05) is 41.3 Å². The minimum Gasteiger partial charge on any atom is -0.347 e. The first-order valence-corrected chi connectivity index (χ1v) is 14.0. The third-order valence-electron chi connectivity index (χ3n) is 9.46. The topological polar surface area (TPSA) is 74.3 Å². The van der Waals surface area contributed by atoms with Crippen LogP contribution in [0, 0.1) is 17.7 Å². The van der Waals surface area contributed by atoms with E-state index < -0.39 is 0 Å². The number of nitrogens with one attached hydrogen (secondary N) is 2. The molecule has 39 heavy (non-hydrogen) atoms. The van der Waals surface area contributed by atoms with Gasteiger partial charge in [-0.1, -0.05) is 18.2 Å². The lowest BCUT2D eigenvalue weighted by Crippen LogP contribution is -2.69. The maximum atomic E-state index is 13.6. The van der Waals surface area contributed by atoms with E-state index in [2.05, 4.69) is 15.6 Å². The van der Waals surface area contributed by atoms with Gasteiger partial charge in [-0.25, -0.2) is 4.39 Å². The molecule has 0 saturated heterocycles. The van der Waals surface area contributed by atoms with Gasteiger partial charge in [-0.3, -0.25) is 14.6 Å². The average Bonchev–Trinajstić information content (AvgIpc) is 3.35. The highest BCUT2D eigenvalue weighted by Crippen LogP contribution is 2.57. The third kappa shape index (κ3) is 4.63. The first kappa shape index (κ1) is 24.5. The molecule has 3 aromatic rings. The van der Waals surface area contributed by atoms with Crippen LogP contribution < -0.4 is 10.6 Å². The van der Waals surface area contributed by atoms with Gasteiger partial charge in [0.05, 0.1) is 6.54 Å². The first-order valence-electron chi connectivity index (χ1n) is 14.0. The van der Waals surface area contributed by atoms with Gasteiger partial charge in [-0.05, 0) is 109 Å². The molecule has 4 atom stereocenters. The highest BCUT2D eigenvalue weighted by atomic mass is 19.1. The molecule has 1 aromatic heterocycles. The number of halogens is 1. The van der Waals surface area contributed by atoms with Crippen molar-refractivity contribution in [3.05, 3.63) is 89.5 Å². The Balaban J connectivity index is 1.02. The second-order valence-electron chi connectivity index (χ2n) is 12.3. The van der Waals surface area contributed by atoms with Crippen LogP contribution in [0.1, 0.15) is 60.0 Å². The molecule has 4 aliphatic carbocycles. The zero-order chi connectivity index (χ0) is 26.6. The Labute approximate surface area is 228 Å². The first-order chi connectivity index (χ1) is 18.9. The van der Waals surface area contributed by atoms with Gasteiger partial charge in [-0.2, -0.15) is 0 Å². The van der Waals surface area contributed by atoms with Crippen LogP contribution in [0.3, 0.4) is 0 Å². The number of carbonyl (C=O) groups excluding carboxylic acids is 2. The summed E-state index contributed by atoms with van der Waals surface area (Å²) >= 11 is 0. The minimum atomic E-state index is -0.258. The van der Waals surface area contributed by atoms with Crippen LogP contribution in [0.4, 0.5) is 4.39 Å². The minimum absolute atomic E-state index is 0.0217. The lowest BCUT2D eigenvalue weighted by atomic mass is 9.50. The normalized spacial score (nSPS) is 28.4. The summed E-state index contributed by atoms with van der Waals surface area (Å²) in [6.07, 6.45) is 9.73. The SMILES string of the molecule is O=C(NC12C[C@@H]3C[C@@H](CC(NCC(=O)N4Cc5ccc(F)cc5C4)(C3)C1)C2)c1ccc(-c2ccncc2)cc1. The van der Waals surface area contributed by atoms with Crippen LogP contribution in [-0.4, -0.2) is 39.3 Å². The summed E-state index contributed by atoms with van der Waals surface area (Å²) in [6.45, 7) is 1.27. The molecular weight excluding hydrogens is 491 g/mol. The van der Waals surface area contributed by atoms with Crippen molar-refractivity contribution in [1.29, 1.82) is 0 Å². The highest BCUT2D eigenvalue weighted by Gasteiger charge is 2.58. The van der Waals surface area contributed by atoms with Crippen molar-refractivity contribution in [2.75, 3.05) is 6.54 Å². The van der Waals surface area contributed by atoms with E-state index in [1.54, 1.807) is 18.5 Å².